The summed E-state index contributed by atoms with van der Waals surface area (Å²) in [5.74, 6) is -0.641. The number of phenolic OH excluding ortho intramolecular Hbond substituents is 1. The lowest BCUT2D eigenvalue weighted by Gasteiger charge is -2.38. The van der Waals surface area contributed by atoms with Crippen molar-refractivity contribution in [3.63, 3.8) is 0 Å². The number of halogens is 9. The van der Waals surface area contributed by atoms with Gasteiger partial charge >= 0.3 is 18.5 Å². The van der Waals surface area contributed by atoms with E-state index in [9.17, 15) is 39.5 Å². The minimum absolute atomic E-state index is 0.250. The molecule has 1 rings (SSSR count). The van der Waals surface area contributed by atoms with Gasteiger partial charge in [0.2, 0.25) is 5.54 Å². The molecule has 11 heteroatoms. The largest absolute Gasteiger partial charge is 0.508 e. The summed E-state index contributed by atoms with van der Waals surface area (Å²) in [6.07, 6.45) is -17.5. The normalized spacial score (nSPS) is 14.2. The van der Waals surface area contributed by atoms with E-state index >= 15 is 0 Å². The summed E-state index contributed by atoms with van der Waals surface area (Å²) in [4.78, 5) is 0. The Morgan fingerprint density at radius 3 is 1.50 bits per heavy atom. The van der Waals surface area contributed by atoms with Crippen LogP contribution in [0.2, 0.25) is 0 Å². The van der Waals surface area contributed by atoms with Crippen molar-refractivity contribution in [1.29, 1.82) is 0 Å². The highest BCUT2D eigenvalue weighted by Gasteiger charge is 2.72. The summed E-state index contributed by atoms with van der Waals surface area (Å²) in [7, 11) is 0. The molecule has 0 aliphatic heterocycles. The molecule has 0 bridgehead atoms. The van der Waals surface area contributed by atoms with Gasteiger partial charge in [0.05, 0.1) is 6.54 Å². The van der Waals surface area contributed by atoms with Crippen LogP contribution in [-0.4, -0.2) is 30.2 Å². The molecule has 2 nitrogen and oxygen atoms in total. The second-order valence-electron chi connectivity index (χ2n) is 4.26. The molecule has 0 fully saturated rings. The number of benzene rings is 1. The number of hydrogen-bond acceptors (Lipinski definition) is 2. The van der Waals surface area contributed by atoms with Gasteiger partial charge in [-0.3, -0.25) is 5.32 Å². The van der Waals surface area contributed by atoms with Crippen molar-refractivity contribution in [2.45, 2.75) is 24.1 Å². The predicted molar refractivity (Wildman–Crippen MR) is 56.0 cm³/mol. The van der Waals surface area contributed by atoms with Crippen molar-refractivity contribution in [1.82, 2.24) is 5.32 Å². The molecule has 1 aromatic rings. The fourth-order valence-electron chi connectivity index (χ4n) is 1.73. The summed E-state index contributed by atoms with van der Waals surface area (Å²) in [6, 6.07) is 1.52. The van der Waals surface area contributed by atoms with Crippen molar-refractivity contribution in [2.24, 2.45) is 0 Å². The van der Waals surface area contributed by atoms with Crippen LogP contribution in [-0.2, 0) is 5.54 Å². The molecule has 0 aliphatic carbocycles. The number of nitrogens with one attached hydrogen (secondary N) is 1. The summed E-state index contributed by atoms with van der Waals surface area (Å²) >= 11 is 0. The van der Waals surface area contributed by atoms with E-state index in [4.69, 9.17) is 5.11 Å². The Morgan fingerprint density at radius 1 is 0.773 bits per heavy atom. The highest BCUT2D eigenvalue weighted by molar-refractivity contribution is 5.34. The number of rotatable bonds is 3. The molecule has 2 N–H and O–H groups in total. The van der Waals surface area contributed by atoms with Crippen molar-refractivity contribution >= 4 is 0 Å². The average Bonchev–Trinajstić information content (AvgIpc) is 2.26. The molecule has 0 heterocycles. The molecule has 0 aliphatic rings. The number of phenols is 1. The summed E-state index contributed by atoms with van der Waals surface area (Å²) in [6.45, 7) is -2.51. The van der Waals surface area contributed by atoms with E-state index in [-0.39, 0.29) is 12.1 Å². The van der Waals surface area contributed by atoms with E-state index in [0.717, 1.165) is 0 Å². The Bertz CT molecular complexity index is 486. The van der Waals surface area contributed by atoms with E-state index in [1.807, 2.05) is 0 Å². The van der Waals surface area contributed by atoms with Gasteiger partial charge < -0.3 is 5.11 Å². The van der Waals surface area contributed by atoms with Crippen molar-refractivity contribution < 1.29 is 44.6 Å². The SMILES string of the molecule is Oc1ccc(C(NCC(F)(F)F)(C(F)(F)F)C(F)(F)F)cc1. The molecule has 0 atom stereocenters. The lowest BCUT2D eigenvalue weighted by molar-refractivity contribution is -0.317. The third kappa shape index (κ3) is 3.57. The average molecular weight is 341 g/mol. The van der Waals surface area contributed by atoms with E-state index in [0.29, 0.717) is 17.4 Å². The highest BCUT2D eigenvalue weighted by atomic mass is 19.4. The molecule has 0 saturated carbocycles. The molecule has 1 aromatic carbocycles. The number of hydrogen-bond donors (Lipinski definition) is 2. The first-order chi connectivity index (χ1) is 9.71. The third-order valence-electron chi connectivity index (χ3n) is 2.70. The maximum Gasteiger partial charge on any atom is 0.419 e. The minimum Gasteiger partial charge on any atom is -0.508 e. The zero-order chi connectivity index (χ0) is 17.4. The van der Waals surface area contributed by atoms with Gasteiger partial charge in [-0.15, -0.1) is 0 Å². The van der Waals surface area contributed by atoms with Crippen molar-refractivity contribution in [3.8, 4) is 5.75 Å². The van der Waals surface area contributed by atoms with Gasteiger partial charge in [0.25, 0.3) is 0 Å². The van der Waals surface area contributed by atoms with Gasteiger partial charge in [-0.05, 0) is 17.7 Å². The zero-order valence-corrected chi connectivity index (χ0v) is 10.4. The van der Waals surface area contributed by atoms with Gasteiger partial charge in [0, 0.05) is 0 Å². The summed E-state index contributed by atoms with van der Waals surface area (Å²) in [5, 5.41) is 9.46. The molecule has 22 heavy (non-hydrogen) atoms. The van der Waals surface area contributed by atoms with Crippen LogP contribution in [0.1, 0.15) is 5.56 Å². The number of aromatic hydroxyl groups is 1. The van der Waals surface area contributed by atoms with Gasteiger partial charge in [-0.2, -0.15) is 39.5 Å². The first-order valence-electron chi connectivity index (χ1n) is 5.45. The van der Waals surface area contributed by atoms with Crippen LogP contribution < -0.4 is 5.32 Å². The monoisotopic (exact) mass is 341 g/mol. The van der Waals surface area contributed by atoms with Crippen LogP contribution in [0.15, 0.2) is 24.3 Å². The van der Waals surface area contributed by atoms with Crippen molar-refractivity contribution in [3.05, 3.63) is 29.8 Å². The maximum absolute atomic E-state index is 13.0. The molecule has 126 valence electrons. The molecule has 0 radical (unpaired) electrons. The van der Waals surface area contributed by atoms with Crippen LogP contribution in [0.3, 0.4) is 0 Å². The van der Waals surface area contributed by atoms with E-state index in [1.54, 1.807) is 0 Å². The van der Waals surface area contributed by atoms with E-state index < -0.39 is 41.9 Å². The fourth-order valence-corrected chi connectivity index (χ4v) is 1.73. The molecular weight excluding hydrogens is 333 g/mol. The Morgan fingerprint density at radius 2 is 1.18 bits per heavy atom. The highest BCUT2D eigenvalue weighted by Crippen LogP contribution is 2.50. The molecular formula is C11H8F9NO. The lowest BCUT2D eigenvalue weighted by Crippen LogP contribution is -2.64. The van der Waals surface area contributed by atoms with Crippen LogP contribution in [0.4, 0.5) is 39.5 Å². The first kappa shape index (κ1) is 18.4. The summed E-state index contributed by atoms with van der Waals surface area (Å²) < 4.78 is 114. The quantitative estimate of drug-likeness (QED) is 0.819. The van der Waals surface area contributed by atoms with Crippen LogP contribution in [0.25, 0.3) is 0 Å². The summed E-state index contributed by atoms with van der Waals surface area (Å²) in [5.41, 5.74) is -6.43. The van der Waals surface area contributed by atoms with Gasteiger partial charge in [0.1, 0.15) is 5.75 Å². The Hall–Kier alpha value is -1.65. The van der Waals surface area contributed by atoms with E-state index in [1.165, 1.54) is 0 Å². The van der Waals surface area contributed by atoms with E-state index in [2.05, 4.69) is 0 Å². The lowest BCUT2D eigenvalue weighted by atomic mass is 9.88. The molecule has 0 saturated heterocycles. The Kier molecular flexibility index (Phi) is 4.62. The molecule has 0 spiro atoms. The second kappa shape index (κ2) is 5.52. The van der Waals surface area contributed by atoms with Crippen molar-refractivity contribution in [2.75, 3.05) is 6.54 Å². The fraction of sp³-hybridized carbons (Fsp3) is 0.455. The van der Waals surface area contributed by atoms with Gasteiger partial charge in [0.15, 0.2) is 0 Å². The first-order valence-corrected chi connectivity index (χ1v) is 5.45. The van der Waals surface area contributed by atoms with Crippen LogP contribution in [0, 0.1) is 0 Å². The smallest absolute Gasteiger partial charge is 0.419 e. The van der Waals surface area contributed by atoms with Crippen LogP contribution >= 0.6 is 0 Å². The standard InChI is InChI=1S/C11H8F9NO/c12-8(13,14)5-21-9(10(15,16)17,11(18,19)20)6-1-3-7(22)4-2-6/h1-4,21-22H,5H2. The Labute approximate surface area is 117 Å². The van der Waals surface area contributed by atoms with Gasteiger partial charge in [-0.25, -0.2) is 0 Å². The molecule has 0 amide bonds. The molecule has 0 aromatic heterocycles. The Balaban J connectivity index is 3.49. The second-order valence-corrected chi connectivity index (χ2v) is 4.26. The third-order valence-corrected chi connectivity index (χ3v) is 2.70. The maximum atomic E-state index is 13.0. The topological polar surface area (TPSA) is 32.3 Å². The predicted octanol–water partition coefficient (Wildman–Crippen LogP) is 3.86. The minimum atomic E-state index is -6.10. The molecule has 0 unspecified atom stereocenters. The van der Waals surface area contributed by atoms with Gasteiger partial charge in [-0.1, -0.05) is 12.1 Å². The van der Waals surface area contributed by atoms with Crippen LogP contribution in [0.5, 0.6) is 5.75 Å². The zero-order valence-electron chi connectivity index (χ0n) is 10.4. The number of alkyl halides is 9.